The van der Waals surface area contributed by atoms with Crippen LogP contribution in [0.2, 0.25) is 0 Å². The monoisotopic (exact) mass is 372 g/mol. The summed E-state index contributed by atoms with van der Waals surface area (Å²) in [6, 6.07) is 4.79. The van der Waals surface area contributed by atoms with Crippen molar-refractivity contribution in [3.63, 3.8) is 0 Å². The van der Waals surface area contributed by atoms with Crippen molar-refractivity contribution in [3.05, 3.63) is 30.1 Å². The predicted molar refractivity (Wildman–Crippen MR) is 88.1 cm³/mol. The van der Waals surface area contributed by atoms with E-state index in [4.69, 9.17) is 30.6 Å². The highest BCUT2D eigenvalue weighted by atomic mass is 16.4. The van der Waals surface area contributed by atoms with Crippen LogP contribution in [-0.2, 0) is 9.59 Å². The van der Waals surface area contributed by atoms with Gasteiger partial charge in [0.1, 0.15) is 12.2 Å². The molecular weight excluding hydrogens is 348 g/mol. The minimum atomic E-state index is -2.36. The van der Waals surface area contributed by atoms with Gasteiger partial charge in [0, 0.05) is 18.4 Å². The number of aliphatic carboxylic acids is 2. The molecule has 2 rings (SSSR count). The van der Waals surface area contributed by atoms with E-state index in [-0.39, 0.29) is 0 Å². The fraction of sp³-hybridized carbons (Fsp3) is 0.562. The Bertz CT molecular complexity index is 561. The molecule has 5 atom stereocenters. The molecule has 1 aliphatic heterocycles. The summed E-state index contributed by atoms with van der Waals surface area (Å²) in [5.41, 5.74) is 1.36. The number of aromatic nitrogens is 1. The molecule has 0 bridgehead atoms. The first-order valence-electron chi connectivity index (χ1n) is 7.94. The topological polar surface area (TPSA) is 172 Å². The maximum atomic E-state index is 10.1. The van der Waals surface area contributed by atoms with Gasteiger partial charge in [-0.3, -0.25) is 9.88 Å². The van der Waals surface area contributed by atoms with Crippen molar-refractivity contribution in [3.8, 4) is 0 Å². The number of pyridine rings is 1. The van der Waals surface area contributed by atoms with Crippen molar-refractivity contribution in [2.24, 2.45) is 0 Å². The minimum Gasteiger partial charge on any atom is -0.479 e. The van der Waals surface area contributed by atoms with Crippen LogP contribution < -0.4 is 0 Å². The average molecular weight is 372 g/mol. The Morgan fingerprint density at radius 3 is 2.00 bits per heavy atom. The SMILES string of the molecule is CN1CCC[C@H]1c1cccnc1.O=C(O)[C@@H](O)[C@@H](O)[C@H](O)[C@@H](O)C(=O)O. The van der Waals surface area contributed by atoms with E-state index in [2.05, 4.69) is 23.0 Å². The number of hydrogen-bond acceptors (Lipinski definition) is 8. The van der Waals surface area contributed by atoms with E-state index >= 15 is 0 Å². The second-order valence-corrected chi connectivity index (χ2v) is 5.97. The van der Waals surface area contributed by atoms with Crippen molar-refractivity contribution in [2.75, 3.05) is 13.6 Å². The Morgan fingerprint density at radius 2 is 1.65 bits per heavy atom. The molecule has 1 aliphatic rings. The van der Waals surface area contributed by atoms with Crippen LogP contribution in [0.1, 0.15) is 24.4 Å². The normalized spacial score (nSPS) is 21.8. The molecule has 0 aliphatic carbocycles. The highest BCUT2D eigenvalue weighted by Gasteiger charge is 2.37. The van der Waals surface area contributed by atoms with Crippen LogP contribution in [0.25, 0.3) is 0 Å². The van der Waals surface area contributed by atoms with Crippen LogP contribution >= 0.6 is 0 Å². The van der Waals surface area contributed by atoms with Crippen molar-refractivity contribution < 1.29 is 40.2 Å². The van der Waals surface area contributed by atoms with Gasteiger partial charge >= 0.3 is 11.9 Å². The molecule has 0 unspecified atom stereocenters. The lowest BCUT2D eigenvalue weighted by Gasteiger charge is -2.21. The van der Waals surface area contributed by atoms with Crippen LogP contribution in [0.4, 0.5) is 0 Å². The zero-order valence-electron chi connectivity index (χ0n) is 14.2. The lowest BCUT2D eigenvalue weighted by molar-refractivity contribution is -0.172. The molecule has 0 aromatic carbocycles. The largest absolute Gasteiger partial charge is 0.479 e. The molecule has 146 valence electrons. The van der Waals surface area contributed by atoms with Gasteiger partial charge in [0.25, 0.3) is 0 Å². The molecule has 0 amide bonds. The first kappa shape index (κ1) is 21.9. The van der Waals surface area contributed by atoms with Crippen molar-refractivity contribution in [2.45, 2.75) is 43.3 Å². The molecule has 10 nitrogen and oxygen atoms in total. The fourth-order valence-corrected chi connectivity index (χ4v) is 2.57. The fourth-order valence-electron chi connectivity index (χ4n) is 2.57. The van der Waals surface area contributed by atoms with Crippen molar-refractivity contribution >= 4 is 11.9 Å². The lowest BCUT2D eigenvalue weighted by atomic mass is 10.0. The van der Waals surface area contributed by atoms with Crippen LogP contribution in [-0.4, -0.2) is 90.5 Å². The Kier molecular flexibility index (Phi) is 8.55. The number of nitrogens with zero attached hydrogens (tertiary/aromatic N) is 2. The van der Waals surface area contributed by atoms with Gasteiger partial charge in [-0.25, -0.2) is 9.59 Å². The Labute approximate surface area is 150 Å². The summed E-state index contributed by atoms with van der Waals surface area (Å²) in [6.07, 6.45) is -2.88. The number of carbonyl (C=O) groups is 2. The molecule has 2 heterocycles. The molecule has 1 aromatic heterocycles. The molecule has 0 radical (unpaired) electrons. The molecule has 1 aromatic rings. The molecule has 1 fully saturated rings. The molecule has 10 heteroatoms. The van der Waals surface area contributed by atoms with Crippen molar-refractivity contribution in [1.29, 1.82) is 0 Å². The average Bonchev–Trinajstić information content (AvgIpc) is 3.06. The first-order valence-corrected chi connectivity index (χ1v) is 7.94. The molecule has 0 saturated carbocycles. The quantitative estimate of drug-likeness (QED) is 0.343. The molecular formula is C16H24N2O8. The lowest BCUT2D eigenvalue weighted by Crippen LogP contribution is -2.49. The molecule has 6 N–H and O–H groups in total. The van der Waals surface area contributed by atoms with Gasteiger partial charge in [-0.1, -0.05) is 6.07 Å². The third kappa shape index (κ3) is 6.00. The standard InChI is InChI=1S/C10H14N2.C6H10O8/c1-12-7-3-5-10(12)9-4-2-6-11-8-9;7-1(3(9)5(11)12)2(8)4(10)6(13)14/h2,4,6,8,10H,3,5,7H2,1H3;1-4,7-10H,(H,11,12)(H,13,14)/t10-;1-,2-,3-,4+/m00/s1. The van der Waals surface area contributed by atoms with Gasteiger partial charge in [0.15, 0.2) is 12.2 Å². The van der Waals surface area contributed by atoms with Gasteiger partial charge in [-0.2, -0.15) is 0 Å². The van der Waals surface area contributed by atoms with Crippen LogP contribution in [0, 0.1) is 0 Å². The molecule has 1 saturated heterocycles. The van der Waals surface area contributed by atoms with E-state index in [0.29, 0.717) is 6.04 Å². The summed E-state index contributed by atoms with van der Waals surface area (Å²) >= 11 is 0. The summed E-state index contributed by atoms with van der Waals surface area (Å²) in [5, 5.41) is 51.5. The second kappa shape index (κ2) is 10.1. The summed E-state index contributed by atoms with van der Waals surface area (Å²) in [4.78, 5) is 26.7. The number of aliphatic hydroxyl groups is 4. The Hall–Kier alpha value is -2.11. The highest BCUT2D eigenvalue weighted by molar-refractivity contribution is 5.75. The van der Waals surface area contributed by atoms with E-state index in [1.165, 1.54) is 24.9 Å². The summed E-state index contributed by atoms with van der Waals surface area (Å²) in [5.74, 6) is -3.68. The maximum absolute atomic E-state index is 10.1. The number of carboxylic acids is 2. The summed E-state index contributed by atoms with van der Waals surface area (Å²) in [6.45, 7) is 1.22. The van der Waals surface area contributed by atoms with Crippen molar-refractivity contribution in [1.82, 2.24) is 9.88 Å². The third-order valence-electron chi connectivity index (χ3n) is 4.09. The van der Waals surface area contributed by atoms with Crippen LogP contribution in [0.5, 0.6) is 0 Å². The van der Waals surface area contributed by atoms with Crippen LogP contribution in [0.3, 0.4) is 0 Å². The third-order valence-corrected chi connectivity index (χ3v) is 4.09. The highest BCUT2D eigenvalue weighted by Crippen LogP contribution is 2.29. The number of aliphatic hydroxyl groups excluding tert-OH is 4. The number of likely N-dealkylation sites (tertiary alicyclic amines) is 1. The number of hydrogen-bond donors (Lipinski definition) is 6. The second-order valence-electron chi connectivity index (χ2n) is 5.97. The first-order chi connectivity index (χ1) is 12.2. The van der Waals surface area contributed by atoms with E-state index < -0.39 is 36.4 Å². The van der Waals surface area contributed by atoms with Crippen LogP contribution in [0.15, 0.2) is 24.5 Å². The molecule has 26 heavy (non-hydrogen) atoms. The van der Waals surface area contributed by atoms with Gasteiger partial charge in [-0.15, -0.1) is 0 Å². The van der Waals surface area contributed by atoms with Gasteiger partial charge in [-0.05, 0) is 38.1 Å². The smallest absolute Gasteiger partial charge is 0.335 e. The Balaban J connectivity index is 0.000000262. The van der Waals surface area contributed by atoms with E-state index in [1.807, 2.05) is 18.5 Å². The van der Waals surface area contributed by atoms with E-state index in [9.17, 15) is 9.59 Å². The minimum absolute atomic E-state index is 0.610. The predicted octanol–water partition coefficient (Wildman–Crippen LogP) is -1.55. The van der Waals surface area contributed by atoms with E-state index in [0.717, 1.165) is 0 Å². The Morgan fingerprint density at radius 1 is 1.12 bits per heavy atom. The zero-order chi connectivity index (χ0) is 19.9. The number of carboxylic acid groups (broad SMARTS) is 2. The van der Waals surface area contributed by atoms with Gasteiger partial charge < -0.3 is 30.6 Å². The zero-order valence-corrected chi connectivity index (χ0v) is 14.2. The summed E-state index contributed by atoms with van der Waals surface area (Å²) < 4.78 is 0. The van der Waals surface area contributed by atoms with Gasteiger partial charge in [0.05, 0.1) is 0 Å². The van der Waals surface area contributed by atoms with E-state index in [1.54, 1.807) is 0 Å². The molecule has 0 spiro atoms. The summed E-state index contributed by atoms with van der Waals surface area (Å²) in [7, 11) is 2.19. The maximum Gasteiger partial charge on any atom is 0.335 e. The number of rotatable bonds is 6. The van der Waals surface area contributed by atoms with Gasteiger partial charge in [0.2, 0.25) is 0 Å².